The van der Waals surface area contributed by atoms with Gasteiger partial charge >= 0.3 is 0 Å². The average molecular weight is 533 g/mol. The van der Waals surface area contributed by atoms with Gasteiger partial charge in [-0.25, -0.2) is 9.97 Å². The van der Waals surface area contributed by atoms with Gasteiger partial charge in [0.15, 0.2) is 0 Å². The molecule has 2 aromatic heterocycles. The molecule has 1 aliphatic rings. The van der Waals surface area contributed by atoms with E-state index in [0.717, 1.165) is 41.3 Å². The highest BCUT2D eigenvalue weighted by molar-refractivity contribution is 7.17. The molecule has 0 saturated carbocycles. The summed E-state index contributed by atoms with van der Waals surface area (Å²) in [5.74, 6) is 0.390. The third-order valence-electron chi connectivity index (χ3n) is 6.44. The van der Waals surface area contributed by atoms with Crippen LogP contribution in [0.2, 0.25) is 5.02 Å². The Balaban J connectivity index is 1.24. The van der Waals surface area contributed by atoms with Crippen molar-refractivity contribution >= 4 is 46.2 Å². The minimum Gasteiger partial charge on any atom is -0.370 e. The van der Waals surface area contributed by atoms with Gasteiger partial charge in [0.2, 0.25) is 5.95 Å². The monoisotopic (exact) mass is 532 g/mol. The number of nitrogens with zero attached hydrogens (tertiary/aromatic N) is 4. The number of anilines is 3. The summed E-state index contributed by atoms with van der Waals surface area (Å²) >= 11 is 7.44. The minimum absolute atomic E-state index is 0.126. The Morgan fingerprint density at radius 1 is 1.14 bits per heavy atom. The molecular formula is C28H29ClN6OS. The van der Waals surface area contributed by atoms with Crippen LogP contribution in [0.5, 0.6) is 0 Å². The van der Waals surface area contributed by atoms with Gasteiger partial charge in [0.05, 0.1) is 15.4 Å². The zero-order valence-electron chi connectivity index (χ0n) is 20.8. The molecule has 0 radical (unpaired) electrons. The number of carbonyl (C=O) groups excluding carboxylic acids is 1. The molecule has 5 rings (SSSR count). The van der Waals surface area contributed by atoms with Crippen LogP contribution in [0, 0.1) is 0 Å². The Hall–Kier alpha value is -3.46. The van der Waals surface area contributed by atoms with Gasteiger partial charge in [-0.3, -0.25) is 4.79 Å². The summed E-state index contributed by atoms with van der Waals surface area (Å²) in [5, 5.41) is 6.94. The summed E-state index contributed by atoms with van der Waals surface area (Å²) < 4.78 is 0. The summed E-state index contributed by atoms with van der Waals surface area (Å²) in [4.78, 5) is 28.0. The molecule has 190 valence electrons. The number of halogens is 1. The zero-order chi connectivity index (χ0) is 25.8. The number of nitrogens with one attached hydrogen (secondary N) is 2. The molecule has 4 aromatic rings. The number of hydrogen-bond donors (Lipinski definition) is 2. The molecule has 0 bridgehead atoms. The van der Waals surface area contributed by atoms with E-state index in [1.165, 1.54) is 17.0 Å². The first-order chi connectivity index (χ1) is 17.9. The van der Waals surface area contributed by atoms with Crippen molar-refractivity contribution in [3.8, 4) is 10.6 Å². The van der Waals surface area contributed by atoms with Crippen LogP contribution in [0.25, 0.3) is 10.6 Å². The molecule has 9 heteroatoms. The highest BCUT2D eigenvalue weighted by Gasteiger charge is 2.24. The van der Waals surface area contributed by atoms with Crippen molar-refractivity contribution in [1.29, 1.82) is 0 Å². The SMILES string of the molecule is CN(C)C1CCN(c2cccc(Nc3nccc(-c4ccc(C(=O)NCc5cccc(Cl)c5)s4)n3)c2)C1. The van der Waals surface area contributed by atoms with Crippen molar-refractivity contribution in [2.24, 2.45) is 0 Å². The zero-order valence-corrected chi connectivity index (χ0v) is 22.4. The van der Waals surface area contributed by atoms with E-state index in [1.807, 2.05) is 48.5 Å². The fourth-order valence-electron chi connectivity index (χ4n) is 4.38. The van der Waals surface area contributed by atoms with E-state index in [1.54, 1.807) is 6.20 Å². The molecule has 7 nitrogen and oxygen atoms in total. The second-order valence-corrected chi connectivity index (χ2v) is 10.8. The predicted octanol–water partition coefficient (Wildman–Crippen LogP) is 5.67. The van der Waals surface area contributed by atoms with Crippen LogP contribution in [0.3, 0.4) is 0 Å². The smallest absolute Gasteiger partial charge is 0.261 e. The van der Waals surface area contributed by atoms with Gasteiger partial charge in [-0.2, -0.15) is 0 Å². The number of carbonyl (C=O) groups is 1. The third kappa shape index (κ3) is 6.28. The molecule has 1 fully saturated rings. The lowest BCUT2D eigenvalue weighted by Crippen LogP contribution is -2.31. The lowest BCUT2D eigenvalue weighted by Gasteiger charge is -2.22. The van der Waals surface area contributed by atoms with Crippen molar-refractivity contribution < 1.29 is 4.79 Å². The van der Waals surface area contributed by atoms with Crippen LogP contribution in [0.1, 0.15) is 21.7 Å². The van der Waals surface area contributed by atoms with Gasteiger partial charge in [-0.15, -0.1) is 11.3 Å². The lowest BCUT2D eigenvalue weighted by atomic mass is 10.2. The highest BCUT2D eigenvalue weighted by atomic mass is 35.5. The number of aromatic nitrogens is 2. The molecule has 1 aliphatic heterocycles. The van der Waals surface area contributed by atoms with Crippen LogP contribution >= 0.6 is 22.9 Å². The second kappa shape index (κ2) is 11.3. The first-order valence-corrected chi connectivity index (χ1v) is 13.4. The molecule has 37 heavy (non-hydrogen) atoms. The lowest BCUT2D eigenvalue weighted by molar-refractivity contribution is 0.0955. The molecule has 0 aliphatic carbocycles. The van der Waals surface area contributed by atoms with Gasteiger partial charge in [-0.1, -0.05) is 29.8 Å². The largest absolute Gasteiger partial charge is 0.370 e. The number of benzene rings is 2. The predicted molar refractivity (Wildman–Crippen MR) is 152 cm³/mol. The van der Waals surface area contributed by atoms with E-state index in [2.05, 4.69) is 57.7 Å². The van der Waals surface area contributed by atoms with Crippen molar-refractivity contribution in [2.75, 3.05) is 37.4 Å². The number of amides is 1. The minimum atomic E-state index is -0.126. The maximum Gasteiger partial charge on any atom is 0.261 e. The standard InChI is InChI=1S/C28H29ClN6OS/c1-34(2)23-12-14-35(18-23)22-8-4-7-21(16-22)32-28-30-13-11-24(33-28)25-9-10-26(37-25)27(36)31-17-19-5-3-6-20(29)15-19/h3-11,13,15-16,23H,12,14,17-18H2,1-2H3,(H,31,36)(H,30,32,33). The summed E-state index contributed by atoms with van der Waals surface area (Å²) in [5.41, 5.74) is 3.85. The maximum absolute atomic E-state index is 12.7. The first kappa shape index (κ1) is 25.2. The summed E-state index contributed by atoms with van der Waals surface area (Å²) in [6.45, 7) is 2.49. The van der Waals surface area contributed by atoms with E-state index < -0.39 is 0 Å². The molecule has 0 spiro atoms. The van der Waals surface area contributed by atoms with Gasteiger partial charge in [0.1, 0.15) is 0 Å². The fraction of sp³-hybridized carbons (Fsp3) is 0.250. The van der Waals surface area contributed by atoms with Gasteiger partial charge < -0.3 is 20.4 Å². The van der Waals surface area contributed by atoms with E-state index in [-0.39, 0.29) is 5.91 Å². The topological polar surface area (TPSA) is 73.4 Å². The Labute approximate surface area is 226 Å². The first-order valence-electron chi connectivity index (χ1n) is 12.2. The Morgan fingerprint density at radius 3 is 2.81 bits per heavy atom. The van der Waals surface area contributed by atoms with Crippen molar-refractivity contribution in [3.05, 3.63) is 88.4 Å². The molecule has 1 saturated heterocycles. The highest BCUT2D eigenvalue weighted by Crippen LogP contribution is 2.29. The maximum atomic E-state index is 12.7. The van der Waals surface area contributed by atoms with Crippen molar-refractivity contribution in [2.45, 2.75) is 19.0 Å². The molecule has 1 unspecified atom stereocenters. The van der Waals surface area contributed by atoms with E-state index in [0.29, 0.717) is 28.4 Å². The summed E-state index contributed by atoms with van der Waals surface area (Å²) in [6.07, 6.45) is 2.90. The van der Waals surface area contributed by atoms with Gasteiger partial charge in [0, 0.05) is 48.3 Å². The Morgan fingerprint density at radius 2 is 2.00 bits per heavy atom. The summed E-state index contributed by atoms with van der Waals surface area (Å²) in [6, 6.07) is 22.0. The summed E-state index contributed by atoms with van der Waals surface area (Å²) in [7, 11) is 4.28. The van der Waals surface area contributed by atoms with Crippen LogP contribution in [-0.2, 0) is 6.54 Å². The number of thiophene rings is 1. The van der Waals surface area contributed by atoms with E-state index in [9.17, 15) is 4.79 Å². The normalized spacial score (nSPS) is 15.2. The Kier molecular flexibility index (Phi) is 7.69. The van der Waals surface area contributed by atoms with E-state index in [4.69, 9.17) is 16.6 Å². The van der Waals surface area contributed by atoms with Gasteiger partial charge in [0.25, 0.3) is 5.91 Å². The Bertz CT molecular complexity index is 1390. The van der Waals surface area contributed by atoms with Crippen LogP contribution in [0.15, 0.2) is 72.9 Å². The second-order valence-electron chi connectivity index (χ2n) is 9.27. The number of rotatable bonds is 8. The van der Waals surface area contributed by atoms with Crippen LogP contribution in [-0.4, -0.2) is 54.0 Å². The fourth-order valence-corrected chi connectivity index (χ4v) is 5.48. The molecule has 2 N–H and O–H groups in total. The third-order valence-corrected chi connectivity index (χ3v) is 7.78. The molecule has 1 amide bonds. The van der Waals surface area contributed by atoms with Crippen molar-refractivity contribution in [3.63, 3.8) is 0 Å². The van der Waals surface area contributed by atoms with Gasteiger partial charge in [-0.05, 0) is 74.6 Å². The number of hydrogen-bond acceptors (Lipinski definition) is 7. The van der Waals surface area contributed by atoms with E-state index >= 15 is 0 Å². The number of likely N-dealkylation sites (N-methyl/N-ethyl adjacent to an activating group) is 1. The molecule has 3 heterocycles. The molecule has 1 atom stereocenters. The molecule has 2 aromatic carbocycles. The van der Waals surface area contributed by atoms with Crippen LogP contribution in [0.4, 0.5) is 17.3 Å². The molecular weight excluding hydrogens is 504 g/mol. The van der Waals surface area contributed by atoms with Crippen LogP contribution < -0.4 is 15.5 Å². The van der Waals surface area contributed by atoms with Crippen molar-refractivity contribution in [1.82, 2.24) is 20.2 Å². The average Bonchev–Trinajstić information content (AvgIpc) is 3.59. The quantitative estimate of drug-likeness (QED) is 0.304.